The van der Waals surface area contributed by atoms with Crippen LogP contribution in [0.5, 0.6) is 0 Å². The van der Waals surface area contributed by atoms with Crippen molar-refractivity contribution < 1.29 is 14.0 Å². The second-order valence-electron chi connectivity index (χ2n) is 13.5. The molecular formula is C39H64O3Si. The van der Waals surface area contributed by atoms with Crippen molar-refractivity contribution in [2.24, 2.45) is 5.92 Å². The van der Waals surface area contributed by atoms with Gasteiger partial charge in [0.2, 0.25) is 0 Å². The van der Waals surface area contributed by atoms with Crippen LogP contribution in [0.4, 0.5) is 0 Å². The van der Waals surface area contributed by atoms with Gasteiger partial charge in [0.15, 0.2) is 0 Å². The first-order valence-electron chi connectivity index (χ1n) is 17.8. The molecule has 3 nitrogen and oxygen atoms in total. The van der Waals surface area contributed by atoms with Crippen LogP contribution in [-0.2, 0) is 14.0 Å². The number of hydrogen-bond acceptors (Lipinski definition) is 3. The summed E-state index contributed by atoms with van der Waals surface area (Å²) >= 11 is 0. The largest absolute Gasteiger partial charge is 0.464 e. The topological polar surface area (TPSA) is 35.5 Å². The molecular weight excluding hydrogens is 545 g/mol. The van der Waals surface area contributed by atoms with Gasteiger partial charge in [-0.15, -0.1) is 0 Å². The Morgan fingerprint density at radius 2 is 1.02 bits per heavy atom. The Balaban J connectivity index is 2.42. The Labute approximate surface area is 266 Å². The monoisotopic (exact) mass is 608 g/mol. The average molecular weight is 609 g/mol. The lowest BCUT2D eigenvalue weighted by Crippen LogP contribution is -2.68. The maximum atomic E-state index is 13.9. The maximum absolute atomic E-state index is 13.9. The zero-order valence-corrected chi connectivity index (χ0v) is 29.7. The normalized spacial score (nSPS) is 12.9. The minimum atomic E-state index is -2.91. The van der Waals surface area contributed by atoms with Gasteiger partial charge in [0, 0.05) is 0 Å². The van der Waals surface area contributed by atoms with Crippen LogP contribution in [0.1, 0.15) is 144 Å². The van der Waals surface area contributed by atoms with E-state index in [1.165, 1.54) is 87.4 Å². The van der Waals surface area contributed by atoms with Crippen LogP contribution < -0.4 is 10.4 Å². The van der Waals surface area contributed by atoms with E-state index in [1.807, 2.05) is 6.92 Å². The highest BCUT2D eigenvalue weighted by molar-refractivity contribution is 6.99. The van der Waals surface area contributed by atoms with Gasteiger partial charge >= 0.3 is 5.97 Å². The number of benzene rings is 2. The van der Waals surface area contributed by atoms with Gasteiger partial charge in [-0.25, -0.2) is 4.79 Å². The standard InChI is InChI=1S/C39H64O3Si/c1-7-10-12-14-16-18-22-28-34(29-23-19-17-15-13-11-8-2)37(38(40)41-9-3)42-43(39(4,5)6,35-30-24-20-25-31-35)36-32-26-21-27-33-36/h20-21,24-27,30-34,37H,7-19,22-23,28-29H2,1-6H3. The van der Waals surface area contributed by atoms with Crippen molar-refractivity contribution in [1.29, 1.82) is 0 Å². The molecule has 2 aromatic rings. The van der Waals surface area contributed by atoms with Gasteiger partial charge in [0.1, 0.15) is 6.10 Å². The van der Waals surface area contributed by atoms with Gasteiger partial charge in [-0.1, -0.05) is 185 Å². The molecule has 2 aromatic carbocycles. The van der Waals surface area contributed by atoms with Crippen LogP contribution in [0.3, 0.4) is 0 Å². The summed E-state index contributed by atoms with van der Waals surface area (Å²) in [6, 6.07) is 21.5. The molecule has 0 aliphatic heterocycles. The molecule has 0 heterocycles. The Bertz CT molecular complexity index is 911. The van der Waals surface area contributed by atoms with Gasteiger partial charge in [0.05, 0.1) is 6.61 Å². The maximum Gasteiger partial charge on any atom is 0.334 e. The minimum absolute atomic E-state index is 0.159. The van der Waals surface area contributed by atoms with Crippen molar-refractivity contribution in [2.75, 3.05) is 6.61 Å². The molecule has 2 rings (SSSR count). The fourth-order valence-corrected chi connectivity index (χ4v) is 11.3. The Morgan fingerprint density at radius 3 is 1.40 bits per heavy atom. The van der Waals surface area contributed by atoms with E-state index in [1.54, 1.807) is 0 Å². The highest BCUT2D eigenvalue weighted by Crippen LogP contribution is 2.39. The van der Waals surface area contributed by atoms with E-state index in [0.29, 0.717) is 6.61 Å². The molecule has 0 saturated carbocycles. The number of rotatable bonds is 23. The van der Waals surface area contributed by atoms with Crippen LogP contribution in [-0.4, -0.2) is 27.0 Å². The lowest BCUT2D eigenvalue weighted by atomic mass is 9.89. The van der Waals surface area contributed by atoms with Gasteiger partial charge in [-0.2, -0.15) is 0 Å². The highest BCUT2D eigenvalue weighted by atomic mass is 28.4. The molecule has 0 amide bonds. The summed E-state index contributed by atoms with van der Waals surface area (Å²) in [7, 11) is -2.91. The second-order valence-corrected chi connectivity index (χ2v) is 17.8. The molecule has 43 heavy (non-hydrogen) atoms. The number of ether oxygens (including phenoxy) is 1. The molecule has 4 heteroatoms. The fraction of sp³-hybridized carbons (Fsp3) is 0.667. The molecule has 242 valence electrons. The van der Waals surface area contributed by atoms with E-state index < -0.39 is 14.4 Å². The highest BCUT2D eigenvalue weighted by Gasteiger charge is 2.53. The Morgan fingerprint density at radius 1 is 0.628 bits per heavy atom. The third-order valence-corrected chi connectivity index (χ3v) is 14.0. The SMILES string of the molecule is CCCCCCCCCC(CCCCCCCCC)C(O[Si](c1ccccc1)(c1ccccc1)C(C)(C)C)C(=O)OCC. The molecule has 0 spiro atoms. The van der Waals surface area contributed by atoms with Crippen molar-refractivity contribution in [3.63, 3.8) is 0 Å². The van der Waals surface area contributed by atoms with E-state index in [-0.39, 0.29) is 16.9 Å². The van der Waals surface area contributed by atoms with Crippen molar-refractivity contribution >= 4 is 24.7 Å². The van der Waals surface area contributed by atoms with Crippen molar-refractivity contribution in [2.45, 2.75) is 155 Å². The summed E-state index contributed by atoms with van der Waals surface area (Å²) in [5.41, 5.74) is 0. The number of unbranched alkanes of at least 4 members (excludes halogenated alkanes) is 12. The number of carbonyl (C=O) groups is 1. The zero-order valence-electron chi connectivity index (χ0n) is 28.7. The lowest BCUT2D eigenvalue weighted by Gasteiger charge is -2.46. The quantitative estimate of drug-likeness (QED) is 0.0715. The van der Waals surface area contributed by atoms with Gasteiger partial charge in [0.25, 0.3) is 8.32 Å². The molecule has 1 atom stereocenters. The molecule has 0 saturated heterocycles. The van der Waals surface area contributed by atoms with Crippen LogP contribution in [0, 0.1) is 5.92 Å². The fourth-order valence-electron chi connectivity index (χ4n) is 6.62. The van der Waals surface area contributed by atoms with E-state index in [9.17, 15) is 4.79 Å². The minimum Gasteiger partial charge on any atom is -0.464 e. The number of carbonyl (C=O) groups excluding carboxylic acids is 1. The van der Waals surface area contributed by atoms with Crippen molar-refractivity contribution in [3.05, 3.63) is 60.7 Å². The molecule has 0 aliphatic rings. The average Bonchev–Trinajstić information content (AvgIpc) is 3.00. The molecule has 0 bridgehead atoms. The summed E-state index contributed by atoms with van der Waals surface area (Å²) < 4.78 is 13.4. The second kappa shape index (κ2) is 20.9. The van der Waals surface area contributed by atoms with E-state index in [0.717, 1.165) is 25.7 Å². The van der Waals surface area contributed by atoms with Crippen LogP contribution >= 0.6 is 0 Å². The van der Waals surface area contributed by atoms with E-state index in [2.05, 4.69) is 95.3 Å². The number of esters is 1. The first-order chi connectivity index (χ1) is 20.8. The first-order valence-corrected chi connectivity index (χ1v) is 19.7. The van der Waals surface area contributed by atoms with E-state index in [4.69, 9.17) is 9.16 Å². The third-order valence-electron chi connectivity index (χ3n) is 9.02. The molecule has 1 unspecified atom stereocenters. The number of hydrogen-bond donors (Lipinski definition) is 0. The van der Waals surface area contributed by atoms with Crippen LogP contribution in [0.2, 0.25) is 5.04 Å². The first kappa shape index (κ1) is 37.3. The lowest BCUT2D eigenvalue weighted by molar-refractivity contribution is -0.155. The molecule has 0 aliphatic carbocycles. The van der Waals surface area contributed by atoms with Crippen molar-refractivity contribution in [1.82, 2.24) is 0 Å². The molecule has 0 aromatic heterocycles. The summed E-state index contributed by atoms with van der Waals surface area (Å²) in [6.45, 7) is 13.7. The van der Waals surface area contributed by atoms with Gasteiger partial charge in [-0.3, -0.25) is 0 Å². The zero-order chi connectivity index (χ0) is 31.4. The summed E-state index contributed by atoms with van der Waals surface area (Å²) in [5.74, 6) is -0.0154. The summed E-state index contributed by atoms with van der Waals surface area (Å²) in [6.07, 6.45) is 19.3. The predicted octanol–water partition coefficient (Wildman–Crippen LogP) is 10.4. The molecule has 0 radical (unpaired) electrons. The van der Waals surface area contributed by atoms with Crippen molar-refractivity contribution in [3.8, 4) is 0 Å². The summed E-state index contributed by atoms with van der Waals surface area (Å²) in [4.78, 5) is 13.9. The third kappa shape index (κ3) is 12.2. The van der Waals surface area contributed by atoms with E-state index >= 15 is 0 Å². The van der Waals surface area contributed by atoms with Crippen LogP contribution in [0.15, 0.2) is 60.7 Å². The molecule has 0 N–H and O–H groups in total. The Kier molecular flexibility index (Phi) is 18.1. The van der Waals surface area contributed by atoms with Crippen LogP contribution in [0.25, 0.3) is 0 Å². The van der Waals surface area contributed by atoms with Gasteiger partial charge in [-0.05, 0) is 41.1 Å². The Hall–Kier alpha value is -1.91. The smallest absolute Gasteiger partial charge is 0.334 e. The predicted molar refractivity (Wildman–Crippen MR) is 188 cm³/mol. The summed E-state index contributed by atoms with van der Waals surface area (Å²) in [5, 5.41) is 2.24. The molecule has 0 fully saturated rings. The van der Waals surface area contributed by atoms with Gasteiger partial charge < -0.3 is 9.16 Å².